The van der Waals surface area contributed by atoms with Gasteiger partial charge in [-0.25, -0.2) is 0 Å². The van der Waals surface area contributed by atoms with Crippen molar-refractivity contribution in [3.63, 3.8) is 0 Å². The minimum Gasteiger partial charge on any atom is -0.497 e. The first-order valence-corrected chi connectivity index (χ1v) is 9.48. The molecule has 138 valence electrons. The fourth-order valence-corrected chi connectivity index (χ4v) is 4.47. The van der Waals surface area contributed by atoms with Crippen molar-refractivity contribution < 1.29 is 14.2 Å². The topological polar surface area (TPSA) is 43.0 Å². The number of methoxy groups -OCH3 is 2. The molecule has 1 aromatic carbocycles. The summed E-state index contributed by atoms with van der Waals surface area (Å²) in [6.45, 7) is 4.97. The van der Waals surface area contributed by atoms with Gasteiger partial charge in [-0.3, -0.25) is 4.90 Å². The van der Waals surface area contributed by atoms with Crippen LogP contribution in [0, 0.1) is 5.41 Å². The van der Waals surface area contributed by atoms with Gasteiger partial charge in [-0.15, -0.1) is 0 Å². The first-order valence-electron chi connectivity index (χ1n) is 9.48. The maximum Gasteiger partial charge on any atom is 0.127 e. The molecule has 2 atom stereocenters. The smallest absolute Gasteiger partial charge is 0.127 e. The van der Waals surface area contributed by atoms with Gasteiger partial charge in [0.15, 0.2) is 0 Å². The Bertz CT molecular complexity index is 597. The molecule has 1 aliphatic carbocycles. The van der Waals surface area contributed by atoms with Gasteiger partial charge in [0.2, 0.25) is 0 Å². The van der Waals surface area contributed by atoms with Crippen molar-refractivity contribution in [1.29, 1.82) is 0 Å². The van der Waals surface area contributed by atoms with Crippen LogP contribution >= 0.6 is 0 Å². The lowest BCUT2D eigenvalue weighted by atomic mass is 9.77. The van der Waals surface area contributed by atoms with E-state index in [0.717, 1.165) is 50.4 Å². The van der Waals surface area contributed by atoms with Crippen molar-refractivity contribution in [2.75, 3.05) is 40.5 Å². The average Bonchev–Trinajstić information content (AvgIpc) is 3.40. The molecule has 2 unspecified atom stereocenters. The van der Waals surface area contributed by atoms with Crippen LogP contribution in [0.5, 0.6) is 11.5 Å². The SMILES string of the molecule is COc1ccc(CN(C2CC2)C2CNCC3(CCOC3)C2)c(OC)c1. The summed E-state index contributed by atoms with van der Waals surface area (Å²) in [6, 6.07) is 7.48. The summed E-state index contributed by atoms with van der Waals surface area (Å²) in [5, 5.41) is 3.69. The molecule has 3 aliphatic rings. The van der Waals surface area contributed by atoms with Crippen LogP contribution in [0.3, 0.4) is 0 Å². The highest BCUT2D eigenvalue weighted by molar-refractivity contribution is 5.40. The molecule has 3 fully saturated rings. The maximum atomic E-state index is 5.73. The molecule has 25 heavy (non-hydrogen) atoms. The Labute approximate surface area is 150 Å². The first kappa shape index (κ1) is 17.1. The van der Waals surface area contributed by atoms with Crippen LogP contribution in [-0.4, -0.2) is 57.5 Å². The van der Waals surface area contributed by atoms with Crippen LogP contribution in [0.25, 0.3) is 0 Å². The van der Waals surface area contributed by atoms with Crippen molar-refractivity contribution >= 4 is 0 Å². The van der Waals surface area contributed by atoms with Crippen LogP contribution in [0.4, 0.5) is 0 Å². The van der Waals surface area contributed by atoms with Gasteiger partial charge in [0.05, 0.1) is 20.8 Å². The fraction of sp³-hybridized carbons (Fsp3) is 0.700. The van der Waals surface area contributed by atoms with Crippen LogP contribution in [0.1, 0.15) is 31.2 Å². The van der Waals surface area contributed by atoms with Gasteiger partial charge >= 0.3 is 0 Å². The molecule has 5 nitrogen and oxygen atoms in total. The van der Waals surface area contributed by atoms with E-state index in [-0.39, 0.29) is 0 Å². The predicted molar refractivity (Wildman–Crippen MR) is 97.3 cm³/mol. The second kappa shape index (κ2) is 7.14. The number of nitrogens with zero attached hydrogens (tertiary/aromatic N) is 1. The zero-order valence-corrected chi connectivity index (χ0v) is 15.4. The van der Waals surface area contributed by atoms with Gasteiger partial charge in [0.1, 0.15) is 11.5 Å². The minimum absolute atomic E-state index is 0.347. The third-order valence-corrected chi connectivity index (χ3v) is 6.07. The van der Waals surface area contributed by atoms with Gasteiger partial charge in [0, 0.05) is 55.4 Å². The fourth-order valence-electron chi connectivity index (χ4n) is 4.47. The van der Waals surface area contributed by atoms with E-state index in [9.17, 15) is 0 Å². The van der Waals surface area contributed by atoms with Crippen molar-refractivity contribution in [3.8, 4) is 11.5 Å². The maximum absolute atomic E-state index is 5.73. The Morgan fingerprint density at radius 3 is 2.80 bits per heavy atom. The Morgan fingerprint density at radius 1 is 1.24 bits per heavy atom. The number of benzene rings is 1. The van der Waals surface area contributed by atoms with Gasteiger partial charge in [-0.2, -0.15) is 0 Å². The Morgan fingerprint density at radius 2 is 2.12 bits per heavy atom. The number of nitrogens with one attached hydrogen (secondary N) is 1. The van der Waals surface area contributed by atoms with Gasteiger partial charge in [0.25, 0.3) is 0 Å². The average molecular weight is 346 g/mol. The van der Waals surface area contributed by atoms with Crippen LogP contribution < -0.4 is 14.8 Å². The zero-order valence-electron chi connectivity index (χ0n) is 15.4. The number of rotatable bonds is 6. The number of hydrogen-bond donors (Lipinski definition) is 1. The lowest BCUT2D eigenvalue weighted by Gasteiger charge is -2.43. The molecule has 5 heteroatoms. The normalized spacial score (nSPS) is 29.3. The molecule has 2 aliphatic heterocycles. The lowest BCUT2D eigenvalue weighted by Crippen LogP contribution is -2.54. The summed E-state index contributed by atoms with van der Waals surface area (Å²) in [4.78, 5) is 2.70. The van der Waals surface area contributed by atoms with Crippen molar-refractivity contribution in [2.45, 2.75) is 44.3 Å². The Kier molecular flexibility index (Phi) is 4.89. The molecule has 2 heterocycles. The summed E-state index contributed by atoms with van der Waals surface area (Å²) in [5.74, 6) is 1.77. The highest BCUT2D eigenvalue weighted by Crippen LogP contribution is 2.40. The summed E-state index contributed by atoms with van der Waals surface area (Å²) in [7, 11) is 3.44. The van der Waals surface area contributed by atoms with E-state index in [1.807, 2.05) is 12.1 Å². The first-order chi connectivity index (χ1) is 12.2. The number of hydrogen-bond acceptors (Lipinski definition) is 5. The van der Waals surface area contributed by atoms with Crippen molar-refractivity contribution in [3.05, 3.63) is 23.8 Å². The molecule has 0 bridgehead atoms. The summed E-state index contributed by atoms with van der Waals surface area (Å²) < 4.78 is 16.7. The van der Waals surface area contributed by atoms with E-state index < -0.39 is 0 Å². The summed E-state index contributed by atoms with van der Waals surface area (Å²) >= 11 is 0. The molecule has 1 aromatic rings. The molecular formula is C20H30N2O3. The largest absolute Gasteiger partial charge is 0.497 e. The molecule has 0 aromatic heterocycles. The molecule has 0 amide bonds. The number of piperidine rings is 1. The Hall–Kier alpha value is -1.30. The molecule has 2 saturated heterocycles. The quantitative estimate of drug-likeness (QED) is 0.857. The molecule has 1 saturated carbocycles. The Balaban J connectivity index is 1.52. The third-order valence-electron chi connectivity index (χ3n) is 6.07. The number of ether oxygens (including phenoxy) is 3. The van der Waals surface area contributed by atoms with Gasteiger partial charge in [-0.05, 0) is 31.7 Å². The summed E-state index contributed by atoms with van der Waals surface area (Å²) in [6.07, 6.45) is 5.08. The highest BCUT2D eigenvalue weighted by Gasteiger charge is 2.44. The van der Waals surface area contributed by atoms with Crippen LogP contribution in [-0.2, 0) is 11.3 Å². The van der Waals surface area contributed by atoms with E-state index in [1.165, 1.54) is 31.2 Å². The molecule has 1 spiro atoms. The minimum atomic E-state index is 0.347. The van der Waals surface area contributed by atoms with Crippen LogP contribution in [0.2, 0.25) is 0 Å². The van der Waals surface area contributed by atoms with E-state index in [4.69, 9.17) is 14.2 Å². The second-order valence-electron chi connectivity index (χ2n) is 7.87. The standard InChI is InChI=1S/C20H30N2O3/c1-23-18-6-3-15(19(9-18)24-2)12-22(16-4-5-16)17-10-20(13-21-11-17)7-8-25-14-20/h3,6,9,16-17,21H,4-5,7-8,10-14H2,1-2H3. The van der Waals surface area contributed by atoms with E-state index in [1.54, 1.807) is 14.2 Å². The predicted octanol–water partition coefficient (Wildman–Crippen LogP) is 2.44. The third kappa shape index (κ3) is 3.64. The summed E-state index contributed by atoms with van der Waals surface area (Å²) in [5.41, 5.74) is 1.59. The monoisotopic (exact) mass is 346 g/mol. The zero-order chi connectivity index (χ0) is 17.3. The van der Waals surface area contributed by atoms with E-state index >= 15 is 0 Å². The molecule has 4 rings (SSSR count). The lowest BCUT2D eigenvalue weighted by molar-refractivity contribution is 0.0631. The van der Waals surface area contributed by atoms with Gasteiger partial charge in [-0.1, -0.05) is 6.07 Å². The highest BCUT2D eigenvalue weighted by atomic mass is 16.5. The van der Waals surface area contributed by atoms with Crippen LogP contribution in [0.15, 0.2) is 18.2 Å². The molecule has 1 N–H and O–H groups in total. The van der Waals surface area contributed by atoms with Crippen molar-refractivity contribution in [1.82, 2.24) is 10.2 Å². The van der Waals surface area contributed by atoms with Gasteiger partial charge < -0.3 is 19.5 Å². The second-order valence-corrected chi connectivity index (χ2v) is 7.87. The molecular weight excluding hydrogens is 316 g/mol. The van der Waals surface area contributed by atoms with Crippen molar-refractivity contribution in [2.24, 2.45) is 5.41 Å². The molecule has 0 radical (unpaired) electrons. The van der Waals surface area contributed by atoms with E-state index in [2.05, 4.69) is 16.3 Å². The van der Waals surface area contributed by atoms with E-state index in [0.29, 0.717) is 11.5 Å².